The third kappa shape index (κ3) is 1.91. The SMILES string of the molecule is COc1c(Cl)ccc2c1C(O)(c1ccccc1Cl)C(=O)N2. The topological polar surface area (TPSA) is 58.6 Å². The van der Waals surface area contributed by atoms with Crippen LogP contribution >= 0.6 is 23.2 Å². The van der Waals surface area contributed by atoms with E-state index in [2.05, 4.69) is 5.32 Å². The summed E-state index contributed by atoms with van der Waals surface area (Å²) in [4.78, 5) is 12.4. The molecule has 2 aromatic rings. The molecule has 0 bridgehead atoms. The molecule has 0 saturated heterocycles. The van der Waals surface area contributed by atoms with Crippen molar-refractivity contribution in [1.29, 1.82) is 0 Å². The number of hydrogen-bond donors (Lipinski definition) is 2. The van der Waals surface area contributed by atoms with Gasteiger partial charge in [-0.15, -0.1) is 0 Å². The van der Waals surface area contributed by atoms with E-state index in [9.17, 15) is 9.90 Å². The average molecular weight is 324 g/mol. The summed E-state index contributed by atoms with van der Waals surface area (Å²) < 4.78 is 5.27. The molecular formula is C15H11Cl2NO3. The van der Waals surface area contributed by atoms with Gasteiger partial charge in [-0.3, -0.25) is 4.79 Å². The summed E-state index contributed by atoms with van der Waals surface area (Å²) in [5.74, 6) is -0.346. The molecule has 1 heterocycles. The van der Waals surface area contributed by atoms with Gasteiger partial charge in [0.1, 0.15) is 5.75 Å². The average Bonchev–Trinajstić information content (AvgIpc) is 2.73. The van der Waals surface area contributed by atoms with Crippen LogP contribution < -0.4 is 10.1 Å². The Hall–Kier alpha value is -1.75. The molecule has 2 N–H and O–H groups in total. The van der Waals surface area contributed by atoms with Gasteiger partial charge in [0.2, 0.25) is 5.60 Å². The Morgan fingerprint density at radius 3 is 2.52 bits per heavy atom. The highest BCUT2D eigenvalue weighted by Crippen LogP contribution is 2.49. The Labute approximate surface area is 131 Å². The Balaban J connectivity index is 2.35. The number of nitrogens with one attached hydrogen (secondary N) is 1. The van der Waals surface area contributed by atoms with Crippen LogP contribution in [0.2, 0.25) is 10.0 Å². The molecule has 2 aromatic carbocycles. The van der Waals surface area contributed by atoms with E-state index in [-0.39, 0.29) is 21.9 Å². The molecule has 6 heteroatoms. The van der Waals surface area contributed by atoms with Crippen LogP contribution in [0, 0.1) is 0 Å². The van der Waals surface area contributed by atoms with E-state index in [0.29, 0.717) is 10.7 Å². The largest absolute Gasteiger partial charge is 0.495 e. The van der Waals surface area contributed by atoms with Crippen molar-refractivity contribution in [2.45, 2.75) is 5.60 Å². The van der Waals surface area contributed by atoms with Gasteiger partial charge in [0.15, 0.2) is 0 Å². The second-order valence-corrected chi connectivity index (χ2v) is 5.46. The summed E-state index contributed by atoms with van der Waals surface area (Å²) in [6.45, 7) is 0. The lowest BCUT2D eigenvalue weighted by Crippen LogP contribution is -2.36. The predicted octanol–water partition coefficient (Wildman–Crippen LogP) is 3.19. The standard InChI is InChI=1S/C15H11Cl2NO3/c1-21-13-10(17)6-7-11-12(13)15(20,14(19)18-11)8-4-2-3-5-9(8)16/h2-7,20H,1H3,(H,18,19). The third-order valence-corrected chi connectivity index (χ3v) is 4.14. The number of halogens is 2. The van der Waals surface area contributed by atoms with Gasteiger partial charge >= 0.3 is 0 Å². The molecule has 0 spiro atoms. The van der Waals surface area contributed by atoms with Gasteiger partial charge in [-0.1, -0.05) is 41.4 Å². The molecule has 108 valence electrons. The first kappa shape index (κ1) is 14.2. The Bertz CT molecular complexity index is 748. The fourth-order valence-electron chi connectivity index (χ4n) is 2.56. The number of benzene rings is 2. The number of ether oxygens (including phenoxy) is 1. The molecule has 21 heavy (non-hydrogen) atoms. The zero-order chi connectivity index (χ0) is 15.2. The van der Waals surface area contributed by atoms with Gasteiger partial charge in [0.25, 0.3) is 5.91 Å². The van der Waals surface area contributed by atoms with E-state index in [1.807, 2.05) is 0 Å². The van der Waals surface area contributed by atoms with E-state index in [1.54, 1.807) is 36.4 Å². The van der Waals surface area contributed by atoms with Gasteiger partial charge in [-0.25, -0.2) is 0 Å². The Morgan fingerprint density at radius 1 is 1.14 bits per heavy atom. The maximum absolute atomic E-state index is 12.4. The van der Waals surface area contributed by atoms with Crippen molar-refractivity contribution >= 4 is 34.8 Å². The molecule has 4 nitrogen and oxygen atoms in total. The maximum atomic E-state index is 12.4. The summed E-state index contributed by atoms with van der Waals surface area (Å²) in [7, 11) is 1.43. The van der Waals surface area contributed by atoms with Crippen molar-refractivity contribution in [1.82, 2.24) is 0 Å². The number of carbonyl (C=O) groups excluding carboxylic acids is 1. The van der Waals surface area contributed by atoms with Crippen LogP contribution in [0.25, 0.3) is 0 Å². The van der Waals surface area contributed by atoms with Gasteiger partial charge < -0.3 is 15.2 Å². The van der Waals surface area contributed by atoms with Crippen LogP contribution in [0.4, 0.5) is 5.69 Å². The number of carbonyl (C=O) groups is 1. The van der Waals surface area contributed by atoms with E-state index < -0.39 is 11.5 Å². The molecule has 1 unspecified atom stereocenters. The normalized spacial score (nSPS) is 20.1. The summed E-state index contributed by atoms with van der Waals surface area (Å²) in [5.41, 5.74) is -0.938. The minimum absolute atomic E-state index is 0.245. The van der Waals surface area contributed by atoms with Crippen molar-refractivity contribution in [2.75, 3.05) is 12.4 Å². The third-order valence-electron chi connectivity index (χ3n) is 3.52. The molecule has 1 aliphatic heterocycles. The number of methoxy groups -OCH3 is 1. The minimum atomic E-state index is -1.94. The van der Waals surface area contributed by atoms with Crippen LogP contribution in [-0.2, 0) is 10.4 Å². The zero-order valence-corrected chi connectivity index (χ0v) is 12.5. The first-order chi connectivity index (χ1) is 10.00. The van der Waals surface area contributed by atoms with E-state index in [4.69, 9.17) is 27.9 Å². The molecule has 3 rings (SSSR count). The van der Waals surface area contributed by atoms with E-state index in [0.717, 1.165) is 0 Å². The highest BCUT2D eigenvalue weighted by Gasteiger charge is 2.50. The fourth-order valence-corrected chi connectivity index (χ4v) is 3.07. The van der Waals surface area contributed by atoms with Crippen LogP contribution in [0.15, 0.2) is 36.4 Å². The van der Waals surface area contributed by atoms with Crippen LogP contribution in [-0.4, -0.2) is 18.1 Å². The molecule has 0 fully saturated rings. The zero-order valence-electron chi connectivity index (χ0n) is 11.0. The van der Waals surface area contributed by atoms with Crippen molar-refractivity contribution in [3.8, 4) is 5.75 Å². The number of anilines is 1. The smallest absolute Gasteiger partial charge is 0.266 e. The number of hydrogen-bond acceptors (Lipinski definition) is 3. The molecule has 1 aliphatic rings. The number of amides is 1. The number of rotatable bonds is 2. The highest BCUT2D eigenvalue weighted by atomic mass is 35.5. The lowest BCUT2D eigenvalue weighted by atomic mass is 9.87. The molecule has 1 atom stereocenters. The molecule has 0 aliphatic carbocycles. The number of aliphatic hydroxyl groups is 1. The lowest BCUT2D eigenvalue weighted by molar-refractivity contribution is -0.129. The van der Waals surface area contributed by atoms with Crippen LogP contribution in [0.1, 0.15) is 11.1 Å². The van der Waals surface area contributed by atoms with E-state index in [1.165, 1.54) is 7.11 Å². The second kappa shape index (κ2) is 4.91. The highest BCUT2D eigenvalue weighted by molar-refractivity contribution is 6.33. The van der Waals surface area contributed by atoms with Gasteiger partial charge in [0, 0.05) is 10.6 Å². The van der Waals surface area contributed by atoms with Gasteiger partial charge in [0.05, 0.1) is 23.4 Å². The predicted molar refractivity (Wildman–Crippen MR) is 81.1 cm³/mol. The molecular weight excluding hydrogens is 313 g/mol. The monoisotopic (exact) mass is 323 g/mol. The van der Waals surface area contributed by atoms with Gasteiger partial charge in [-0.05, 0) is 18.2 Å². The summed E-state index contributed by atoms with van der Waals surface area (Å²) >= 11 is 12.2. The van der Waals surface area contributed by atoms with Gasteiger partial charge in [-0.2, -0.15) is 0 Å². The van der Waals surface area contributed by atoms with Crippen molar-refractivity contribution in [2.24, 2.45) is 0 Å². The Kier molecular flexibility index (Phi) is 3.32. The first-order valence-corrected chi connectivity index (χ1v) is 6.91. The lowest BCUT2D eigenvalue weighted by Gasteiger charge is -2.24. The van der Waals surface area contributed by atoms with Crippen LogP contribution in [0.3, 0.4) is 0 Å². The second-order valence-electron chi connectivity index (χ2n) is 4.65. The van der Waals surface area contributed by atoms with Crippen molar-refractivity contribution < 1.29 is 14.6 Å². The van der Waals surface area contributed by atoms with Crippen molar-refractivity contribution in [3.63, 3.8) is 0 Å². The number of fused-ring (bicyclic) bond motifs is 1. The van der Waals surface area contributed by atoms with E-state index >= 15 is 0 Å². The minimum Gasteiger partial charge on any atom is -0.495 e. The molecule has 0 aromatic heterocycles. The van der Waals surface area contributed by atoms with Crippen LogP contribution in [0.5, 0.6) is 5.75 Å². The Morgan fingerprint density at radius 2 is 1.86 bits per heavy atom. The van der Waals surface area contributed by atoms with Crippen molar-refractivity contribution in [3.05, 3.63) is 57.6 Å². The summed E-state index contributed by atoms with van der Waals surface area (Å²) in [6.07, 6.45) is 0. The quantitative estimate of drug-likeness (QED) is 0.892. The summed E-state index contributed by atoms with van der Waals surface area (Å²) in [6, 6.07) is 9.83. The molecule has 0 radical (unpaired) electrons. The molecule has 1 amide bonds. The fraction of sp³-hybridized carbons (Fsp3) is 0.133. The first-order valence-electron chi connectivity index (χ1n) is 6.16. The maximum Gasteiger partial charge on any atom is 0.266 e. The summed E-state index contributed by atoms with van der Waals surface area (Å²) in [5, 5.41) is 14.3. The molecule has 0 saturated carbocycles.